The molecule has 0 spiro atoms. The van der Waals surface area contributed by atoms with E-state index in [1.807, 2.05) is 0 Å². The van der Waals surface area contributed by atoms with E-state index < -0.39 is 4.92 Å². The maximum atomic E-state index is 14.0. The molecule has 5 N–H and O–H groups in total. The van der Waals surface area contributed by atoms with Gasteiger partial charge < -0.3 is 16.8 Å². The van der Waals surface area contributed by atoms with Gasteiger partial charge in [0.1, 0.15) is 11.5 Å². The normalized spacial score (nSPS) is 19.4. The van der Waals surface area contributed by atoms with Gasteiger partial charge in [0.05, 0.1) is 4.92 Å². The van der Waals surface area contributed by atoms with Crippen LogP contribution >= 0.6 is 15.9 Å². The molecule has 1 aromatic heterocycles. The quantitative estimate of drug-likeness (QED) is 0.450. The standard InChI is InChI=1S/C18H22BrFN6O2/c19-12-4-3-11(14(20)8-12)9-23-18-24-15(16(26(27)28)17(22)25-18)7-10-1-5-13(21)6-2-10/h3-4,8,10,13H,1-2,5-7,9,21H2,(H3,22,23,24,25)/t10-,13-. The Morgan fingerprint density at radius 3 is 2.64 bits per heavy atom. The molecule has 0 unspecified atom stereocenters. The molecule has 8 nitrogen and oxygen atoms in total. The van der Waals surface area contributed by atoms with Crippen molar-refractivity contribution in [2.24, 2.45) is 11.7 Å². The average Bonchev–Trinajstić information content (AvgIpc) is 2.62. The van der Waals surface area contributed by atoms with Crippen LogP contribution in [0.25, 0.3) is 0 Å². The zero-order chi connectivity index (χ0) is 20.3. The number of aromatic nitrogens is 2. The van der Waals surface area contributed by atoms with Crippen LogP contribution in [0.2, 0.25) is 0 Å². The van der Waals surface area contributed by atoms with Crippen molar-refractivity contribution >= 4 is 33.4 Å². The van der Waals surface area contributed by atoms with Gasteiger partial charge in [0.25, 0.3) is 0 Å². The highest BCUT2D eigenvalue weighted by atomic mass is 79.9. The predicted molar refractivity (Wildman–Crippen MR) is 108 cm³/mol. The summed E-state index contributed by atoms with van der Waals surface area (Å²) in [6, 6.07) is 4.92. The van der Waals surface area contributed by atoms with E-state index in [2.05, 4.69) is 31.2 Å². The number of nitro groups is 1. The van der Waals surface area contributed by atoms with E-state index in [0.29, 0.717) is 22.2 Å². The van der Waals surface area contributed by atoms with E-state index in [9.17, 15) is 14.5 Å². The number of nitrogens with zero attached hydrogens (tertiary/aromatic N) is 3. The van der Waals surface area contributed by atoms with E-state index in [0.717, 1.165) is 25.7 Å². The van der Waals surface area contributed by atoms with Gasteiger partial charge in [0.15, 0.2) is 0 Å². The lowest BCUT2D eigenvalue weighted by atomic mass is 9.83. The molecule has 0 aliphatic heterocycles. The van der Waals surface area contributed by atoms with Crippen LogP contribution in [-0.2, 0) is 13.0 Å². The number of hydrogen-bond donors (Lipinski definition) is 3. The first-order chi connectivity index (χ1) is 13.3. The number of hydrogen-bond acceptors (Lipinski definition) is 7. The van der Waals surface area contributed by atoms with Crippen LogP contribution in [0, 0.1) is 21.8 Å². The van der Waals surface area contributed by atoms with Crippen molar-refractivity contribution in [1.82, 2.24) is 9.97 Å². The fourth-order valence-corrected chi connectivity index (χ4v) is 3.78. The molecule has 1 fully saturated rings. The third-order valence-electron chi connectivity index (χ3n) is 4.99. The van der Waals surface area contributed by atoms with Crippen molar-refractivity contribution in [2.45, 2.75) is 44.7 Å². The van der Waals surface area contributed by atoms with Crippen LogP contribution in [0.4, 0.5) is 21.8 Å². The molecule has 150 valence electrons. The SMILES string of the molecule is Nc1nc(NCc2ccc(Br)cc2F)nc(C[C@H]2CC[C@H](N)CC2)c1[N+](=O)[O-]. The number of nitrogens with one attached hydrogen (secondary N) is 1. The minimum atomic E-state index is -0.544. The Morgan fingerprint density at radius 2 is 2.00 bits per heavy atom. The highest BCUT2D eigenvalue weighted by Gasteiger charge is 2.27. The predicted octanol–water partition coefficient (Wildman–Crippen LogP) is 3.54. The summed E-state index contributed by atoms with van der Waals surface area (Å²) in [6.07, 6.45) is 4.03. The lowest BCUT2D eigenvalue weighted by Gasteiger charge is -2.25. The maximum absolute atomic E-state index is 14.0. The molecule has 0 amide bonds. The number of nitrogens with two attached hydrogens (primary N) is 2. The molecule has 1 saturated carbocycles. The van der Waals surface area contributed by atoms with Crippen LogP contribution in [0.1, 0.15) is 36.9 Å². The summed E-state index contributed by atoms with van der Waals surface area (Å²) < 4.78 is 14.6. The maximum Gasteiger partial charge on any atom is 0.332 e. The molecule has 0 bridgehead atoms. The second-order valence-corrected chi connectivity index (χ2v) is 7.97. The Bertz CT molecular complexity index is 873. The monoisotopic (exact) mass is 452 g/mol. The molecule has 3 rings (SSSR count). The van der Waals surface area contributed by atoms with E-state index >= 15 is 0 Å². The van der Waals surface area contributed by atoms with E-state index in [1.54, 1.807) is 12.1 Å². The Kier molecular flexibility index (Phi) is 6.40. The van der Waals surface area contributed by atoms with E-state index in [1.165, 1.54) is 6.07 Å². The Morgan fingerprint density at radius 1 is 1.29 bits per heavy atom. The van der Waals surface area contributed by atoms with Crippen molar-refractivity contribution in [3.8, 4) is 0 Å². The van der Waals surface area contributed by atoms with E-state index in [-0.39, 0.29) is 41.8 Å². The molecular formula is C18H22BrFN6O2. The van der Waals surface area contributed by atoms with Gasteiger partial charge in [-0.2, -0.15) is 4.98 Å². The van der Waals surface area contributed by atoms with Gasteiger partial charge in [-0.3, -0.25) is 10.1 Å². The molecule has 0 saturated heterocycles. The third-order valence-corrected chi connectivity index (χ3v) is 5.48. The molecule has 0 atom stereocenters. The zero-order valence-corrected chi connectivity index (χ0v) is 16.8. The summed E-state index contributed by atoms with van der Waals surface area (Å²) in [5.41, 5.74) is 12.2. The van der Waals surface area contributed by atoms with Gasteiger partial charge in [-0.25, -0.2) is 9.37 Å². The Balaban J connectivity index is 1.80. The molecular weight excluding hydrogens is 431 g/mol. The van der Waals surface area contributed by atoms with Crippen LogP contribution < -0.4 is 16.8 Å². The molecule has 1 aromatic carbocycles. The van der Waals surface area contributed by atoms with Gasteiger partial charge in [-0.05, 0) is 50.2 Å². The number of benzene rings is 1. The van der Waals surface area contributed by atoms with Gasteiger partial charge in [0.2, 0.25) is 11.8 Å². The molecule has 2 aromatic rings. The first-order valence-corrected chi connectivity index (χ1v) is 9.87. The second kappa shape index (κ2) is 8.78. The number of rotatable bonds is 6. The minimum absolute atomic E-state index is 0.133. The molecule has 0 radical (unpaired) electrons. The number of anilines is 2. The smallest absolute Gasteiger partial charge is 0.332 e. The molecule has 28 heavy (non-hydrogen) atoms. The van der Waals surface area contributed by atoms with Crippen LogP contribution in [0.3, 0.4) is 0 Å². The minimum Gasteiger partial charge on any atom is -0.378 e. The van der Waals surface area contributed by atoms with Gasteiger partial charge >= 0.3 is 5.69 Å². The topological polar surface area (TPSA) is 133 Å². The highest BCUT2D eigenvalue weighted by molar-refractivity contribution is 9.10. The fraction of sp³-hybridized carbons (Fsp3) is 0.444. The Labute approximate surface area is 170 Å². The molecule has 1 aliphatic rings. The van der Waals surface area contributed by atoms with Crippen LogP contribution in [-0.4, -0.2) is 20.9 Å². The van der Waals surface area contributed by atoms with Gasteiger partial charge in [-0.1, -0.05) is 22.0 Å². The summed E-state index contributed by atoms with van der Waals surface area (Å²) in [6.45, 7) is 0.133. The summed E-state index contributed by atoms with van der Waals surface area (Å²) >= 11 is 3.21. The first-order valence-electron chi connectivity index (χ1n) is 9.07. The summed E-state index contributed by atoms with van der Waals surface area (Å²) in [5, 5.41) is 14.4. The lowest BCUT2D eigenvalue weighted by molar-refractivity contribution is -0.385. The fourth-order valence-electron chi connectivity index (χ4n) is 3.45. The largest absolute Gasteiger partial charge is 0.378 e. The van der Waals surface area contributed by atoms with Crippen molar-refractivity contribution in [3.63, 3.8) is 0 Å². The third kappa shape index (κ3) is 4.93. The van der Waals surface area contributed by atoms with Crippen molar-refractivity contribution in [1.29, 1.82) is 0 Å². The zero-order valence-electron chi connectivity index (χ0n) is 15.2. The number of nitrogen functional groups attached to an aromatic ring is 1. The van der Waals surface area contributed by atoms with Crippen LogP contribution in [0.15, 0.2) is 22.7 Å². The van der Waals surface area contributed by atoms with Gasteiger partial charge in [-0.15, -0.1) is 0 Å². The van der Waals surface area contributed by atoms with Crippen molar-refractivity contribution in [3.05, 3.63) is 49.9 Å². The average molecular weight is 453 g/mol. The van der Waals surface area contributed by atoms with Crippen molar-refractivity contribution < 1.29 is 9.31 Å². The van der Waals surface area contributed by atoms with Crippen molar-refractivity contribution in [2.75, 3.05) is 11.1 Å². The second-order valence-electron chi connectivity index (χ2n) is 7.06. The molecule has 10 heteroatoms. The lowest BCUT2D eigenvalue weighted by Crippen LogP contribution is -2.27. The molecule has 1 heterocycles. The molecule has 1 aliphatic carbocycles. The first kappa shape index (κ1) is 20.4. The summed E-state index contributed by atoms with van der Waals surface area (Å²) in [7, 11) is 0. The highest BCUT2D eigenvalue weighted by Crippen LogP contribution is 2.32. The van der Waals surface area contributed by atoms with Gasteiger partial charge in [0, 0.05) is 22.6 Å². The van der Waals surface area contributed by atoms with Crippen LogP contribution in [0.5, 0.6) is 0 Å². The van der Waals surface area contributed by atoms with E-state index in [4.69, 9.17) is 11.5 Å². The number of halogens is 2. The summed E-state index contributed by atoms with van der Waals surface area (Å²) in [5.74, 6) is -0.158. The summed E-state index contributed by atoms with van der Waals surface area (Å²) in [4.78, 5) is 19.2. The Hall–Kier alpha value is -2.33.